The van der Waals surface area contributed by atoms with Crippen molar-refractivity contribution in [2.75, 3.05) is 26.1 Å². The van der Waals surface area contributed by atoms with Crippen LogP contribution in [0.3, 0.4) is 0 Å². The van der Waals surface area contributed by atoms with E-state index in [0.29, 0.717) is 0 Å². The highest BCUT2D eigenvalue weighted by molar-refractivity contribution is 7.55. The number of unbranched alkanes of at least 4 members (excludes halogenated alkanes) is 5. The SMILES string of the molecule is CCCCCCCCC(CCCP(C)C)C(C)(C)OCC. The van der Waals surface area contributed by atoms with Crippen molar-refractivity contribution in [2.24, 2.45) is 5.92 Å². The predicted octanol–water partition coefficient (Wildman–Crippen LogP) is 6.69. The highest BCUT2D eigenvalue weighted by Crippen LogP contribution is 2.33. The second-order valence-corrected chi connectivity index (χ2v) is 9.84. The lowest BCUT2D eigenvalue weighted by molar-refractivity contribution is -0.0600. The number of ether oxygens (including phenoxy) is 1. The summed E-state index contributed by atoms with van der Waals surface area (Å²) in [6.45, 7) is 14.7. The Balaban J connectivity index is 4.12. The summed E-state index contributed by atoms with van der Waals surface area (Å²) in [5.74, 6) is 0.735. The molecule has 1 nitrogen and oxygen atoms in total. The Hall–Kier alpha value is 0.390. The molecule has 0 heterocycles. The molecule has 0 aliphatic carbocycles. The van der Waals surface area contributed by atoms with E-state index in [1.165, 1.54) is 63.9 Å². The van der Waals surface area contributed by atoms with Crippen molar-refractivity contribution in [3.63, 3.8) is 0 Å². The van der Waals surface area contributed by atoms with Crippen LogP contribution >= 0.6 is 7.92 Å². The van der Waals surface area contributed by atoms with Gasteiger partial charge < -0.3 is 4.74 Å². The summed E-state index contributed by atoms with van der Waals surface area (Å²) >= 11 is 0. The topological polar surface area (TPSA) is 9.23 Å². The summed E-state index contributed by atoms with van der Waals surface area (Å²) in [7, 11) is 0.261. The molecule has 128 valence electrons. The van der Waals surface area contributed by atoms with Gasteiger partial charge in [-0.25, -0.2) is 0 Å². The number of hydrogen-bond acceptors (Lipinski definition) is 1. The van der Waals surface area contributed by atoms with Crippen molar-refractivity contribution >= 4 is 7.92 Å². The van der Waals surface area contributed by atoms with Gasteiger partial charge >= 0.3 is 0 Å². The van der Waals surface area contributed by atoms with Crippen LogP contribution in [0.15, 0.2) is 0 Å². The second kappa shape index (κ2) is 12.9. The minimum Gasteiger partial charge on any atom is -0.376 e. The lowest BCUT2D eigenvalue weighted by atomic mass is 9.82. The average molecular weight is 317 g/mol. The zero-order valence-corrected chi connectivity index (χ0v) is 16.6. The van der Waals surface area contributed by atoms with Crippen LogP contribution in [-0.2, 0) is 4.74 Å². The molecule has 0 saturated heterocycles. The lowest BCUT2D eigenvalue weighted by Gasteiger charge is -2.35. The fourth-order valence-electron chi connectivity index (χ4n) is 3.15. The minimum atomic E-state index is 0.0579. The van der Waals surface area contributed by atoms with Crippen molar-refractivity contribution < 1.29 is 4.74 Å². The summed E-state index contributed by atoms with van der Waals surface area (Å²) in [6, 6.07) is 0. The van der Waals surface area contributed by atoms with Gasteiger partial charge in [0, 0.05) is 6.61 Å². The van der Waals surface area contributed by atoms with E-state index >= 15 is 0 Å². The molecule has 0 aromatic rings. The molecule has 0 aromatic carbocycles. The smallest absolute Gasteiger partial charge is 0.0654 e. The molecule has 0 saturated carbocycles. The monoisotopic (exact) mass is 316 g/mol. The normalized spacial score (nSPS) is 13.9. The van der Waals surface area contributed by atoms with Crippen LogP contribution in [0.25, 0.3) is 0 Å². The van der Waals surface area contributed by atoms with Crippen molar-refractivity contribution in [3.8, 4) is 0 Å². The molecule has 1 atom stereocenters. The molecular weight excluding hydrogens is 275 g/mol. The van der Waals surface area contributed by atoms with Crippen molar-refractivity contribution in [2.45, 2.75) is 91.1 Å². The van der Waals surface area contributed by atoms with E-state index in [-0.39, 0.29) is 13.5 Å². The molecule has 0 fully saturated rings. The quantitative estimate of drug-likeness (QED) is 0.256. The summed E-state index contributed by atoms with van der Waals surface area (Å²) in [6.07, 6.45) is 13.9. The van der Waals surface area contributed by atoms with Gasteiger partial charge in [-0.1, -0.05) is 45.4 Å². The Morgan fingerprint density at radius 3 is 2.00 bits per heavy atom. The molecule has 1 unspecified atom stereocenters. The summed E-state index contributed by atoms with van der Waals surface area (Å²) in [5, 5.41) is 0. The van der Waals surface area contributed by atoms with Crippen LogP contribution < -0.4 is 0 Å². The molecular formula is C19H41OP. The Morgan fingerprint density at radius 2 is 1.43 bits per heavy atom. The first kappa shape index (κ1) is 21.4. The minimum absolute atomic E-state index is 0.0579. The van der Waals surface area contributed by atoms with Crippen molar-refractivity contribution in [1.82, 2.24) is 0 Å². The number of hydrogen-bond donors (Lipinski definition) is 0. The average Bonchev–Trinajstić information content (AvgIpc) is 2.40. The van der Waals surface area contributed by atoms with Crippen LogP contribution in [0.1, 0.15) is 85.5 Å². The van der Waals surface area contributed by atoms with Gasteiger partial charge in [0.05, 0.1) is 5.60 Å². The van der Waals surface area contributed by atoms with E-state index in [4.69, 9.17) is 4.74 Å². The third-order valence-corrected chi connectivity index (χ3v) is 5.77. The van der Waals surface area contributed by atoms with E-state index in [1.807, 2.05) is 0 Å². The van der Waals surface area contributed by atoms with E-state index in [0.717, 1.165) is 12.5 Å². The fraction of sp³-hybridized carbons (Fsp3) is 1.00. The maximum atomic E-state index is 6.05. The highest BCUT2D eigenvalue weighted by Gasteiger charge is 2.29. The molecule has 0 aliphatic rings. The van der Waals surface area contributed by atoms with Gasteiger partial charge in [0.2, 0.25) is 0 Å². The van der Waals surface area contributed by atoms with Crippen LogP contribution in [-0.4, -0.2) is 31.7 Å². The highest BCUT2D eigenvalue weighted by atomic mass is 31.1. The van der Waals surface area contributed by atoms with Gasteiger partial charge in [-0.3, -0.25) is 0 Å². The Labute approximate surface area is 136 Å². The maximum Gasteiger partial charge on any atom is 0.0654 e. The van der Waals surface area contributed by atoms with Crippen LogP contribution in [0.4, 0.5) is 0 Å². The summed E-state index contributed by atoms with van der Waals surface area (Å²) < 4.78 is 6.05. The van der Waals surface area contributed by atoms with Crippen LogP contribution in [0.5, 0.6) is 0 Å². The van der Waals surface area contributed by atoms with Gasteiger partial charge in [-0.15, -0.1) is 7.92 Å². The molecule has 0 spiro atoms. The largest absolute Gasteiger partial charge is 0.376 e. The molecule has 2 heteroatoms. The zero-order chi connectivity index (χ0) is 16.1. The van der Waals surface area contributed by atoms with Gasteiger partial charge in [-0.05, 0) is 65.4 Å². The van der Waals surface area contributed by atoms with E-state index in [2.05, 4.69) is 41.0 Å². The fourth-order valence-corrected chi connectivity index (χ4v) is 3.97. The molecule has 0 rings (SSSR count). The Bertz CT molecular complexity index is 226. The molecule has 0 radical (unpaired) electrons. The summed E-state index contributed by atoms with van der Waals surface area (Å²) in [4.78, 5) is 0. The number of rotatable bonds is 14. The lowest BCUT2D eigenvalue weighted by Crippen LogP contribution is -2.34. The van der Waals surface area contributed by atoms with Crippen LogP contribution in [0.2, 0.25) is 0 Å². The maximum absolute atomic E-state index is 6.05. The Morgan fingerprint density at radius 1 is 0.857 bits per heavy atom. The van der Waals surface area contributed by atoms with Gasteiger partial charge in [0.25, 0.3) is 0 Å². The second-order valence-electron chi connectivity index (χ2n) is 7.24. The molecule has 0 aromatic heterocycles. The summed E-state index contributed by atoms with van der Waals surface area (Å²) in [5.41, 5.74) is 0.0579. The standard InChI is InChI=1S/C19H41OP/c1-7-9-10-11-12-13-15-18(16-14-17-21(5)6)19(3,4)20-8-2/h18H,7-17H2,1-6H3. The predicted molar refractivity (Wildman–Crippen MR) is 100 cm³/mol. The Kier molecular flexibility index (Phi) is 13.1. The third kappa shape index (κ3) is 11.6. The van der Waals surface area contributed by atoms with Gasteiger partial charge in [0.15, 0.2) is 0 Å². The molecule has 0 bridgehead atoms. The van der Waals surface area contributed by atoms with Crippen molar-refractivity contribution in [3.05, 3.63) is 0 Å². The van der Waals surface area contributed by atoms with Crippen LogP contribution in [0, 0.1) is 5.92 Å². The third-order valence-electron chi connectivity index (χ3n) is 4.56. The molecule has 0 amide bonds. The molecule has 21 heavy (non-hydrogen) atoms. The first-order valence-corrected chi connectivity index (χ1v) is 11.6. The zero-order valence-electron chi connectivity index (χ0n) is 15.7. The van der Waals surface area contributed by atoms with Crippen molar-refractivity contribution in [1.29, 1.82) is 0 Å². The first-order chi connectivity index (χ1) is 9.94. The van der Waals surface area contributed by atoms with E-state index in [1.54, 1.807) is 0 Å². The first-order valence-electron chi connectivity index (χ1n) is 9.22. The molecule has 0 N–H and O–H groups in total. The van der Waals surface area contributed by atoms with Gasteiger partial charge in [-0.2, -0.15) is 0 Å². The van der Waals surface area contributed by atoms with E-state index in [9.17, 15) is 0 Å². The van der Waals surface area contributed by atoms with E-state index < -0.39 is 0 Å². The van der Waals surface area contributed by atoms with Gasteiger partial charge in [0.1, 0.15) is 0 Å². The molecule has 0 aliphatic heterocycles.